The molecule has 5 nitrogen and oxygen atoms in total. The van der Waals surface area contributed by atoms with Gasteiger partial charge in [0.1, 0.15) is 6.61 Å². The summed E-state index contributed by atoms with van der Waals surface area (Å²) in [5.74, 6) is -0.493. The molecule has 0 heterocycles. The molecule has 0 radical (unpaired) electrons. The van der Waals surface area contributed by atoms with Crippen LogP contribution in [0.25, 0.3) is 0 Å². The molecule has 1 unspecified atom stereocenters. The largest absolute Gasteiger partial charge is 0.462 e. The predicted molar refractivity (Wildman–Crippen MR) is 324 cm³/mol. The fourth-order valence-corrected chi connectivity index (χ4v) is 7.38. The number of hydrogen-bond donors (Lipinski definition) is 0. The van der Waals surface area contributed by atoms with Crippen LogP contribution in [0.5, 0.6) is 0 Å². The summed E-state index contributed by atoms with van der Waals surface area (Å²) >= 11 is 0. The molecule has 0 aromatic heterocycles. The topological polar surface area (TPSA) is 61.8 Å². The molecule has 0 amide bonds. The Bertz CT molecular complexity index is 1670. The lowest BCUT2D eigenvalue weighted by atomic mass is 10.1. The molecular weight excluding hydrogens is 909 g/mol. The van der Waals surface area contributed by atoms with Crippen molar-refractivity contribution in [1.29, 1.82) is 0 Å². The van der Waals surface area contributed by atoms with E-state index in [0.29, 0.717) is 19.4 Å². The van der Waals surface area contributed by atoms with Gasteiger partial charge in [-0.3, -0.25) is 9.59 Å². The van der Waals surface area contributed by atoms with Gasteiger partial charge in [-0.15, -0.1) is 0 Å². The van der Waals surface area contributed by atoms with E-state index >= 15 is 0 Å². The molecule has 0 saturated heterocycles. The van der Waals surface area contributed by atoms with Gasteiger partial charge in [-0.1, -0.05) is 236 Å². The lowest BCUT2D eigenvalue weighted by Crippen LogP contribution is -2.30. The quantitative estimate of drug-likeness (QED) is 0.0345. The number of carbonyl (C=O) groups is 2. The third-order valence-corrected chi connectivity index (χ3v) is 11.7. The van der Waals surface area contributed by atoms with Crippen LogP contribution in [0.3, 0.4) is 0 Å². The SMILES string of the molecule is CC/C=C\C/C=C\C/C=C\C/C=C\C/C=C\C/C=C\CCCOCC(COC(=O)CCCCC/C=C\C/C=C\C/C=C\C/C=C\C/C=C\CC)OC(=O)CCCCCCCC/C=C\C/C=C\C/C=C\CCCCC. The molecule has 0 spiro atoms. The Kier molecular flexibility index (Phi) is 58.5. The van der Waals surface area contributed by atoms with E-state index in [1.54, 1.807) is 0 Å². The van der Waals surface area contributed by atoms with E-state index in [4.69, 9.17) is 14.2 Å². The van der Waals surface area contributed by atoms with Gasteiger partial charge in [0.25, 0.3) is 0 Å². The van der Waals surface area contributed by atoms with Crippen LogP contribution in [0.2, 0.25) is 0 Å². The Balaban J connectivity index is 4.52. The van der Waals surface area contributed by atoms with E-state index in [-0.39, 0.29) is 25.2 Å². The molecule has 0 rings (SSSR count). The Morgan fingerprint density at radius 2 is 0.608 bits per heavy atom. The van der Waals surface area contributed by atoms with Gasteiger partial charge in [-0.05, 0) is 148 Å². The van der Waals surface area contributed by atoms with E-state index in [9.17, 15) is 9.59 Å². The highest BCUT2D eigenvalue weighted by Crippen LogP contribution is 2.12. The highest BCUT2D eigenvalue weighted by atomic mass is 16.6. The second-order valence-corrected chi connectivity index (χ2v) is 18.8. The Morgan fingerprint density at radius 3 is 0.986 bits per heavy atom. The molecule has 5 heteroatoms. The van der Waals surface area contributed by atoms with Crippen LogP contribution in [0.1, 0.15) is 226 Å². The third-order valence-electron chi connectivity index (χ3n) is 11.7. The molecule has 0 aromatic rings. The molecule has 0 aliphatic heterocycles. The van der Waals surface area contributed by atoms with Crippen molar-refractivity contribution in [3.05, 3.63) is 170 Å². The number of rotatable bonds is 52. The first-order chi connectivity index (χ1) is 36.6. The van der Waals surface area contributed by atoms with Gasteiger partial charge >= 0.3 is 11.9 Å². The monoisotopic (exact) mass is 1020 g/mol. The average molecular weight is 1020 g/mol. The zero-order valence-corrected chi connectivity index (χ0v) is 47.5. The maximum atomic E-state index is 12.9. The van der Waals surface area contributed by atoms with Crippen molar-refractivity contribution >= 4 is 11.9 Å². The summed E-state index contributed by atoms with van der Waals surface area (Å²) in [6.07, 6.45) is 93.8. The summed E-state index contributed by atoms with van der Waals surface area (Å²) in [6.45, 7) is 7.36. The van der Waals surface area contributed by atoms with E-state index < -0.39 is 6.10 Å². The van der Waals surface area contributed by atoms with E-state index in [1.165, 1.54) is 44.9 Å². The van der Waals surface area contributed by atoms with Crippen molar-refractivity contribution in [3.8, 4) is 0 Å². The van der Waals surface area contributed by atoms with Gasteiger partial charge in [0.2, 0.25) is 0 Å². The van der Waals surface area contributed by atoms with Crippen LogP contribution in [0.15, 0.2) is 170 Å². The molecule has 0 fully saturated rings. The van der Waals surface area contributed by atoms with Gasteiger partial charge in [-0.2, -0.15) is 0 Å². The molecule has 1 atom stereocenters. The standard InChI is InChI=1S/C69H108O5/c1-4-7-10-13-16-19-22-25-28-31-34-37-40-43-46-49-52-55-58-61-64-72-65-67(74-69(71)63-60-57-54-51-48-45-42-39-36-33-30-27-24-21-18-15-12-9-6-3)66-73-68(70)62-59-56-53-50-47-44-41-38-35-32-29-26-23-20-17-14-11-8-5-2/h7-8,10-11,16-21,25-30,34-39,43-44,46-47,52,55,67H,4-6,9,12-15,22-24,31-33,40-42,45,48-51,53-54,56-66H2,1-3H3/b10-7-,11-8-,19-16-,20-17-,21-18-,28-25-,29-26-,30-27-,37-34-,38-35-,39-36-,46-43-,47-44-,55-52-. The molecule has 0 aliphatic rings. The van der Waals surface area contributed by atoms with Gasteiger partial charge in [0.05, 0.1) is 6.61 Å². The van der Waals surface area contributed by atoms with E-state index in [1.807, 2.05) is 0 Å². The van der Waals surface area contributed by atoms with Crippen LogP contribution in [0, 0.1) is 0 Å². The summed E-state index contributed by atoms with van der Waals surface area (Å²) < 4.78 is 17.4. The highest BCUT2D eigenvalue weighted by molar-refractivity contribution is 5.70. The van der Waals surface area contributed by atoms with Crippen LogP contribution in [-0.4, -0.2) is 37.9 Å². The van der Waals surface area contributed by atoms with Crippen LogP contribution >= 0.6 is 0 Å². The second kappa shape index (κ2) is 62.6. The van der Waals surface area contributed by atoms with Crippen molar-refractivity contribution in [3.63, 3.8) is 0 Å². The summed E-state index contributed by atoms with van der Waals surface area (Å²) in [5, 5.41) is 0. The molecule has 0 aromatic carbocycles. The Hall–Kier alpha value is -4.74. The number of allylic oxidation sites excluding steroid dienone is 28. The first-order valence-electron chi connectivity index (χ1n) is 29.7. The minimum absolute atomic E-state index is 0.0268. The first kappa shape index (κ1) is 69.3. The zero-order valence-electron chi connectivity index (χ0n) is 47.5. The average Bonchev–Trinajstić information content (AvgIpc) is 3.40. The summed E-state index contributed by atoms with van der Waals surface area (Å²) in [7, 11) is 0. The van der Waals surface area contributed by atoms with E-state index in [2.05, 4.69) is 191 Å². The van der Waals surface area contributed by atoms with Crippen molar-refractivity contribution in [1.82, 2.24) is 0 Å². The van der Waals surface area contributed by atoms with Crippen molar-refractivity contribution in [2.75, 3.05) is 19.8 Å². The van der Waals surface area contributed by atoms with Crippen molar-refractivity contribution in [2.24, 2.45) is 0 Å². The van der Waals surface area contributed by atoms with Crippen molar-refractivity contribution < 1.29 is 23.8 Å². The number of ether oxygens (including phenoxy) is 3. The van der Waals surface area contributed by atoms with Gasteiger partial charge in [0, 0.05) is 19.4 Å². The predicted octanol–water partition coefficient (Wildman–Crippen LogP) is 20.8. The number of hydrogen-bond acceptors (Lipinski definition) is 5. The smallest absolute Gasteiger partial charge is 0.306 e. The summed E-state index contributed by atoms with van der Waals surface area (Å²) in [4.78, 5) is 25.6. The third kappa shape index (κ3) is 59.8. The van der Waals surface area contributed by atoms with Gasteiger partial charge in [0.15, 0.2) is 6.10 Å². The fraction of sp³-hybridized carbons (Fsp3) is 0.565. The van der Waals surface area contributed by atoms with Gasteiger partial charge < -0.3 is 14.2 Å². The maximum Gasteiger partial charge on any atom is 0.306 e. The number of carbonyl (C=O) groups excluding carboxylic acids is 2. The van der Waals surface area contributed by atoms with Crippen molar-refractivity contribution in [2.45, 2.75) is 232 Å². The van der Waals surface area contributed by atoms with Gasteiger partial charge in [-0.25, -0.2) is 0 Å². The second-order valence-electron chi connectivity index (χ2n) is 18.8. The molecule has 0 saturated carbocycles. The van der Waals surface area contributed by atoms with E-state index in [0.717, 1.165) is 148 Å². The Labute approximate surface area is 456 Å². The molecule has 414 valence electrons. The van der Waals surface area contributed by atoms with Crippen LogP contribution in [0.4, 0.5) is 0 Å². The van der Waals surface area contributed by atoms with Crippen LogP contribution < -0.4 is 0 Å². The normalized spacial score (nSPS) is 13.5. The Morgan fingerprint density at radius 1 is 0.311 bits per heavy atom. The fourth-order valence-electron chi connectivity index (χ4n) is 7.38. The molecule has 0 N–H and O–H groups in total. The lowest BCUT2D eigenvalue weighted by molar-refractivity contribution is -0.163. The highest BCUT2D eigenvalue weighted by Gasteiger charge is 2.17. The molecule has 74 heavy (non-hydrogen) atoms. The zero-order chi connectivity index (χ0) is 53.4. The molecular formula is C69H108O5. The number of unbranched alkanes of at least 4 members (excludes halogenated alkanes) is 13. The summed E-state index contributed by atoms with van der Waals surface area (Å²) in [5.41, 5.74) is 0. The maximum absolute atomic E-state index is 12.9. The molecule has 0 aliphatic carbocycles. The molecule has 0 bridgehead atoms. The van der Waals surface area contributed by atoms with Crippen LogP contribution in [-0.2, 0) is 23.8 Å². The first-order valence-corrected chi connectivity index (χ1v) is 29.7. The summed E-state index contributed by atoms with van der Waals surface area (Å²) in [6, 6.07) is 0. The minimum atomic E-state index is -0.603. The minimum Gasteiger partial charge on any atom is -0.462 e. The number of esters is 2. The lowest BCUT2D eigenvalue weighted by Gasteiger charge is -2.18.